The first-order chi connectivity index (χ1) is 13.4. The molecule has 0 saturated carbocycles. The molecule has 0 aliphatic rings. The van der Waals surface area contributed by atoms with Crippen molar-refractivity contribution >= 4 is 22.8 Å². The number of ether oxygens (including phenoxy) is 1. The average Bonchev–Trinajstić information content (AvgIpc) is 3.03. The standard InChI is InChI=1S/C21H32N4O3/c1-6-15(3)25(16(4)7-2)21(27)13-24-18-11-9-8-10-17(18)23-19(24)12-22-20(26)14-28-5/h8-11,15-16H,6-7,12-14H2,1-5H3,(H,22,26). The summed E-state index contributed by atoms with van der Waals surface area (Å²) in [5.74, 6) is 0.511. The number of amides is 2. The summed E-state index contributed by atoms with van der Waals surface area (Å²) >= 11 is 0. The topological polar surface area (TPSA) is 76.5 Å². The molecule has 1 aromatic carbocycles. The molecule has 0 bridgehead atoms. The maximum Gasteiger partial charge on any atom is 0.246 e. The van der Waals surface area contributed by atoms with Crippen LogP contribution in [0.4, 0.5) is 0 Å². The number of aromatic nitrogens is 2. The van der Waals surface area contributed by atoms with Gasteiger partial charge in [-0.1, -0.05) is 26.0 Å². The van der Waals surface area contributed by atoms with Crippen LogP contribution in [0.3, 0.4) is 0 Å². The van der Waals surface area contributed by atoms with Gasteiger partial charge in [-0.15, -0.1) is 0 Å². The van der Waals surface area contributed by atoms with Gasteiger partial charge in [0.1, 0.15) is 19.0 Å². The highest BCUT2D eigenvalue weighted by molar-refractivity contribution is 5.82. The lowest BCUT2D eigenvalue weighted by Gasteiger charge is -2.34. The highest BCUT2D eigenvalue weighted by Crippen LogP contribution is 2.19. The van der Waals surface area contributed by atoms with Crippen LogP contribution in [0.1, 0.15) is 46.4 Å². The SMILES string of the molecule is CCC(C)N(C(=O)Cn1c(CNC(=O)COC)nc2ccccc21)C(C)CC. The number of fused-ring (bicyclic) bond motifs is 1. The van der Waals surface area contributed by atoms with Gasteiger partial charge in [0.25, 0.3) is 0 Å². The van der Waals surface area contributed by atoms with Crippen LogP contribution in [0.5, 0.6) is 0 Å². The van der Waals surface area contributed by atoms with Gasteiger partial charge in [0.2, 0.25) is 11.8 Å². The fourth-order valence-electron chi connectivity index (χ4n) is 3.33. The minimum Gasteiger partial charge on any atom is -0.375 e. The lowest BCUT2D eigenvalue weighted by molar-refractivity contribution is -0.136. The average molecular weight is 389 g/mol. The van der Waals surface area contributed by atoms with Crippen LogP contribution >= 0.6 is 0 Å². The van der Waals surface area contributed by atoms with E-state index in [1.54, 1.807) is 0 Å². The smallest absolute Gasteiger partial charge is 0.246 e. The molecule has 154 valence electrons. The van der Waals surface area contributed by atoms with Gasteiger partial charge in [-0.05, 0) is 38.8 Å². The first kappa shape index (κ1) is 21.9. The second-order valence-electron chi connectivity index (χ2n) is 7.13. The molecule has 1 heterocycles. The van der Waals surface area contributed by atoms with E-state index in [1.807, 2.05) is 33.7 Å². The van der Waals surface area contributed by atoms with Crippen LogP contribution in [-0.2, 0) is 27.4 Å². The zero-order valence-corrected chi connectivity index (χ0v) is 17.6. The van der Waals surface area contributed by atoms with Gasteiger partial charge in [0, 0.05) is 19.2 Å². The normalized spacial score (nSPS) is 13.3. The second-order valence-corrected chi connectivity index (χ2v) is 7.13. The summed E-state index contributed by atoms with van der Waals surface area (Å²) in [5.41, 5.74) is 1.70. The minimum absolute atomic E-state index is 0.00499. The number of hydrogen-bond donors (Lipinski definition) is 1. The first-order valence-electron chi connectivity index (χ1n) is 9.93. The van der Waals surface area contributed by atoms with Crippen LogP contribution in [0.2, 0.25) is 0 Å². The molecule has 7 heteroatoms. The minimum atomic E-state index is -0.215. The molecule has 0 aliphatic heterocycles. The molecule has 0 spiro atoms. The molecule has 28 heavy (non-hydrogen) atoms. The van der Waals surface area contributed by atoms with Gasteiger partial charge in [0.15, 0.2) is 0 Å². The Morgan fingerprint density at radius 2 is 1.82 bits per heavy atom. The molecule has 1 N–H and O–H groups in total. The maximum atomic E-state index is 13.2. The monoisotopic (exact) mass is 388 g/mol. The third kappa shape index (κ3) is 5.10. The van der Waals surface area contributed by atoms with Crippen LogP contribution < -0.4 is 5.32 Å². The summed E-state index contributed by atoms with van der Waals surface area (Å²) in [6.07, 6.45) is 1.81. The summed E-state index contributed by atoms with van der Waals surface area (Å²) in [6, 6.07) is 8.05. The Balaban J connectivity index is 2.31. The van der Waals surface area contributed by atoms with E-state index in [2.05, 4.69) is 38.0 Å². The molecule has 7 nitrogen and oxygen atoms in total. The van der Waals surface area contributed by atoms with Crippen molar-refractivity contribution in [3.63, 3.8) is 0 Å². The van der Waals surface area contributed by atoms with Crippen molar-refractivity contribution in [1.29, 1.82) is 0 Å². The van der Waals surface area contributed by atoms with Crippen LogP contribution in [0.15, 0.2) is 24.3 Å². The zero-order valence-electron chi connectivity index (χ0n) is 17.6. The number of carbonyl (C=O) groups excluding carboxylic acids is 2. The number of rotatable bonds is 10. The van der Waals surface area contributed by atoms with Crippen molar-refractivity contribution in [2.45, 2.75) is 65.7 Å². The Kier molecular flexibility index (Phi) is 7.99. The number of methoxy groups -OCH3 is 1. The van der Waals surface area contributed by atoms with Crippen LogP contribution in [0, 0.1) is 0 Å². The second kappa shape index (κ2) is 10.2. The van der Waals surface area contributed by atoms with Gasteiger partial charge in [-0.3, -0.25) is 9.59 Å². The third-order valence-corrected chi connectivity index (χ3v) is 5.17. The van der Waals surface area contributed by atoms with Gasteiger partial charge in [-0.2, -0.15) is 0 Å². The molecule has 1 aromatic heterocycles. The Morgan fingerprint density at radius 3 is 2.43 bits per heavy atom. The summed E-state index contributed by atoms with van der Waals surface area (Å²) in [5, 5.41) is 2.80. The number of carbonyl (C=O) groups is 2. The third-order valence-electron chi connectivity index (χ3n) is 5.17. The fourth-order valence-corrected chi connectivity index (χ4v) is 3.33. The molecular formula is C21H32N4O3. The largest absolute Gasteiger partial charge is 0.375 e. The molecule has 0 radical (unpaired) electrons. The summed E-state index contributed by atoms with van der Waals surface area (Å²) in [4.78, 5) is 31.6. The zero-order chi connectivity index (χ0) is 20.7. The summed E-state index contributed by atoms with van der Waals surface area (Å²) in [7, 11) is 1.48. The van der Waals surface area contributed by atoms with E-state index < -0.39 is 0 Å². The summed E-state index contributed by atoms with van der Waals surface area (Å²) in [6.45, 7) is 8.80. The van der Waals surface area contributed by atoms with Gasteiger partial charge in [0.05, 0.1) is 17.6 Å². The molecule has 2 rings (SSSR count). The molecule has 0 aliphatic carbocycles. The van der Waals surface area contributed by atoms with E-state index in [1.165, 1.54) is 7.11 Å². The van der Waals surface area contributed by atoms with Crippen molar-refractivity contribution in [3.05, 3.63) is 30.1 Å². The Hall–Kier alpha value is -2.41. The molecule has 0 fully saturated rings. The van der Waals surface area contributed by atoms with E-state index in [0.717, 1.165) is 23.9 Å². The molecule has 2 unspecified atom stereocenters. The molecule has 2 atom stereocenters. The maximum absolute atomic E-state index is 13.2. The predicted octanol–water partition coefficient (Wildman–Crippen LogP) is 2.72. The Bertz CT molecular complexity index is 792. The molecular weight excluding hydrogens is 356 g/mol. The van der Waals surface area contributed by atoms with Crippen molar-refractivity contribution in [1.82, 2.24) is 19.8 Å². The highest BCUT2D eigenvalue weighted by Gasteiger charge is 2.25. The van der Waals surface area contributed by atoms with Gasteiger partial charge >= 0.3 is 0 Å². The summed E-state index contributed by atoms with van der Waals surface area (Å²) < 4.78 is 6.76. The predicted molar refractivity (Wildman–Crippen MR) is 110 cm³/mol. The number of imidazole rings is 1. The van der Waals surface area contributed by atoms with Crippen molar-refractivity contribution in [2.24, 2.45) is 0 Å². The Labute approximate surface area is 167 Å². The van der Waals surface area contributed by atoms with E-state index in [4.69, 9.17) is 4.74 Å². The van der Waals surface area contributed by atoms with Gasteiger partial charge in [-0.25, -0.2) is 4.98 Å². The lowest BCUT2D eigenvalue weighted by atomic mass is 10.1. The number of nitrogens with one attached hydrogen (secondary N) is 1. The van der Waals surface area contributed by atoms with Crippen LogP contribution in [-0.4, -0.2) is 52.1 Å². The van der Waals surface area contributed by atoms with Gasteiger partial charge < -0.3 is 19.5 Å². The van der Waals surface area contributed by atoms with Crippen molar-refractivity contribution in [3.8, 4) is 0 Å². The number of hydrogen-bond acceptors (Lipinski definition) is 4. The van der Waals surface area contributed by atoms with E-state index >= 15 is 0 Å². The van der Waals surface area contributed by atoms with E-state index in [9.17, 15) is 9.59 Å². The molecule has 2 aromatic rings. The number of nitrogens with zero attached hydrogens (tertiary/aromatic N) is 3. The fraction of sp³-hybridized carbons (Fsp3) is 0.571. The van der Waals surface area contributed by atoms with Crippen molar-refractivity contribution < 1.29 is 14.3 Å². The lowest BCUT2D eigenvalue weighted by Crippen LogP contribution is -2.46. The van der Waals surface area contributed by atoms with E-state index in [-0.39, 0.29) is 43.6 Å². The molecule has 2 amide bonds. The number of para-hydroxylation sites is 2. The first-order valence-corrected chi connectivity index (χ1v) is 9.93. The highest BCUT2D eigenvalue weighted by atomic mass is 16.5. The van der Waals surface area contributed by atoms with E-state index in [0.29, 0.717) is 5.82 Å². The quantitative estimate of drug-likeness (QED) is 0.679. The molecule has 0 saturated heterocycles. The Morgan fingerprint density at radius 1 is 1.18 bits per heavy atom. The number of benzene rings is 1. The van der Waals surface area contributed by atoms with Crippen LogP contribution in [0.25, 0.3) is 11.0 Å². The van der Waals surface area contributed by atoms with Crippen molar-refractivity contribution in [2.75, 3.05) is 13.7 Å².